The molecule has 6 rings (SSSR count). The molecule has 6 aromatic rings. The van der Waals surface area contributed by atoms with Crippen LogP contribution in [-0.2, 0) is 20.0 Å². The fourth-order valence-electron chi connectivity index (χ4n) is 5.06. The summed E-state index contributed by atoms with van der Waals surface area (Å²) in [6.45, 7) is 4.98. The molecule has 178 valence electrons. The van der Waals surface area contributed by atoms with Gasteiger partial charge in [0.1, 0.15) is 17.5 Å². The van der Waals surface area contributed by atoms with Crippen molar-refractivity contribution in [2.24, 2.45) is 7.05 Å². The summed E-state index contributed by atoms with van der Waals surface area (Å²) in [5, 5.41) is 0. The molecule has 0 aliphatic carbocycles. The Morgan fingerprint density at radius 3 is 2.28 bits per heavy atom. The number of hydrogen-bond acceptors (Lipinski definition) is 2. The number of fused-ring (bicyclic) bond motifs is 2. The Labute approximate surface area is 209 Å². The highest BCUT2D eigenvalue weighted by atomic mass is 19.1. The maximum atomic E-state index is 13.8. The number of imidazole rings is 2. The van der Waals surface area contributed by atoms with Gasteiger partial charge in [-0.25, -0.2) is 14.4 Å². The summed E-state index contributed by atoms with van der Waals surface area (Å²) < 4.78 is 18.2. The number of rotatable bonds is 5. The van der Waals surface area contributed by atoms with E-state index < -0.39 is 0 Å². The van der Waals surface area contributed by atoms with Crippen molar-refractivity contribution >= 4 is 22.1 Å². The third kappa shape index (κ3) is 3.77. The molecule has 0 bridgehead atoms. The van der Waals surface area contributed by atoms with Crippen molar-refractivity contribution in [3.63, 3.8) is 0 Å². The Bertz CT molecular complexity index is 1710. The fraction of sp³-hybridized carbons (Fsp3) is 0.161. The molecule has 0 saturated carbocycles. The van der Waals surface area contributed by atoms with Gasteiger partial charge in [-0.05, 0) is 53.4 Å². The highest BCUT2D eigenvalue weighted by molar-refractivity contribution is 5.87. The first-order chi connectivity index (χ1) is 17.5. The first-order valence-electron chi connectivity index (χ1n) is 12.3. The Hall–Kier alpha value is -4.25. The maximum Gasteiger partial charge on any atom is 0.140 e. The monoisotopic (exact) mass is 474 g/mol. The van der Waals surface area contributed by atoms with Crippen molar-refractivity contribution in [2.75, 3.05) is 0 Å². The molecule has 5 heteroatoms. The number of halogens is 1. The number of hydrogen-bond donors (Lipinski definition) is 0. The summed E-state index contributed by atoms with van der Waals surface area (Å²) in [7, 11) is 1.98. The lowest BCUT2D eigenvalue weighted by atomic mass is 10.0. The van der Waals surface area contributed by atoms with E-state index in [4.69, 9.17) is 9.97 Å². The van der Waals surface area contributed by atoms with E-state index in [-0.39, 0.29) is 5.82 Å². The molecule has 0 N–H and O–H groups in total. The van der Waals surface area contributed by atoms with E-state index in [1.807, 2.05) is 17.7 Å². The van der Waals surface area contributed by atoms with Crippen LogP contribution in [-0.4, -0.2) is 19.1 Å². The van der Waals surface area contributed by atoms with Gasteiger partial charge in [0.05, 0.1) is 22.1 Å². The highest BCUT2D eigenvalue weighted by Gasteiger charge is 2.17. The number of aryl methyl sites for hydroxylation is 3. The van der Waals surface area contributed by atoms with E-state index in [1.165, 1.54) is 28.8 Å². The minimum Gasteiger partial charge on any atom is -0.327 e. The number of benzene rings is 4. The summed E-state index contributed by atoms with van der Waals surface area (Å²) in [6.07, 6.45) is 0.844. The molecule has 0 unspecified atom stereocenters. The van der Waals surface area contributed by atoms with Gasteiger partial charge in [-0.15, -0.1) is 0 Å². The lowest BCUT2D eigenvalue weighted by molar-refractivity contribution is 0.629. The second kappa shape index (κ2) is 8.76. The van der Waals surface area contributed by atoms with Crippen LogP contribution in [0.5, 0.6) is 0 Å². The minimum atomic E-state index is -0.275. The lowest BCUT2D eigenvalue weighted by Crippen LogP contribution is -2.04. The van der Waals surface area contributed by atoms with Crippen LogP contribution in [0.2, 0.25) is 0 Å². The largest absolute Gasteiger partial charge is 0.327 e. The Balaban J connectivity index is 1.43. The van der Waals surface area contributed by atoms with Gasteiger partial charge in [0.15, 0.2) is 0 Å². The molecule has 0 fully saturated rings. The average Bonchev–Trinajstić information content (AvgIpc) is 3.42. The van der Waals surface area contributed by atoms with E-state index in [9.17, 15) is 4.39 Å². The molecule has 4 aromatic carbocycles. The predicted octanol–water partition coefficient (Wildman–Crippen LogP) is 7.32. The third-order valence-corrected chi connectivity index (χ3v) is 6.94. The molecular weight excluding hydrogens is 447 g/mol. The van der Waals surface area contributed by atoms with E-state index >= 15 is 0 Å². The number of aromatic nitrogens is 4. The van der Waals surface area contributed by atoms with Gasteiger partial charge in [-0.3, -0.25) is 0 Å². The zero-order valence-corrected chi connectivity index (χ0v) is 20.7. The van der Waals surface area contributed by atoms with Crippen molar-refractivity contribution in [1.29, 1.82) is 0 Å². The maximum absolute atomic E-state index is 13.8. The van der Waals surface area contributed by atoms with Gasteiger partial charge in [0.2, 0.25) is 0 Å². The Kier molecular flexibility index (Phi) is 5.41. The fourth-order valence-corrected chi connectivity index (χ4v) is 5.06. The SMILES string of the molecule is CCc1nc2c(C)cc(-c3nc4cc(F)ccc4n3C)cc2n1Cc1ccc(-c2ccccc2)cc1. The molecule has 2 heterocycles. The van der Waals surface area contributed by atoms with E-state index in [2.05, 4.69) is 79.1 Å². The van der Waals surface area contributed by atoms with Crippen molar-refractivity contribution in [3.05, 3.63) is 108 Å². The molecule has 2 aromatic heterocycles. The van der Waals surface area contributed by atoms with Gasteiger partial charge in [0, 0.05) is 31.6 Å². The summed E-state index contributed by atoms with van der Waals surface area (Å²) in [4.78, 5) is 9.75. The van der Waals surface area contributed by atoms with Crippen LogP contribution in [0.3, 0.4) is 0 Å². The molecule has 0 aliphatic rings. The predicted molar refractivity (Wildman–Crippen MR) is 144 cm³/mol. The van der Waals surface area contributed by atoms with E-state index in [0.717, 1.165) is 52.3 Å². The summed E-state index contributed by atoms with van der Waals surface area (Å²) in [5.41, 5.74) is 9.43. The zero-order valence-electron chi connectivity index (χ0n) is 20.7. The molecule has 0 saturated heterocycles. The van der Waals surface area contributed by atoms with Crippen molar-refractivity contribution in [1.82, 2.24) is 19.1 Å². The zero-order chi connectivity index (χ0) is 24.8. The number of nitrogens with zero attached hydrogens (tertiary/aromatic N) is 4. The highest BCUT2D eigenvalue weighted by Crippen LogP contribution is 2.31. The van der Waals surface area contributed by atoms with Gasteiger partial charge >= 0.3 is 0 Å². The Morgan fingerprint density at radius 1 is 0.778 bits per heavy atom. The second-order valence-electron chi connectivity index (χ2n) is 9.32. The van der Waals surface area contributed by atoms with E-state index in [0.29, 0.717) is 5.52 Å². The first kappa shape index (κ1) is 22.2. The third-order valence-electron chi connectivity index (χ3n) is 6.94. The lowest BCUT2D eigenvalue weighted by Gasteiger charge is -2.11. The van der Waals surface area contributed by atoms with Crippen LogP contribution in [0.15, 0.2) is 84.9 Å². The van der Waals surface area contributed by atoms with Gasteiger partial charge in [0.25, 0.3) is 0 Å². The van der Waals surface area contributed by atoms with Crippen LogP contribution in [0.1, 0.15) is 23.9 Å². The molecule has 0 amide bonds. The molecule has 0 radical (unpaired) electrons. The summed E-state index contributed by atoms with van der Waals surface area (Å²) in [5.74, 6) is 1.60. The molecule has 0 spiro atoms. The summed E-state index contributed by atoms with van der Waals surface area (Å²) >= 11 is 0. The Morgan fingerprint density at radius 2 is 1.53 bits per heavy atom. The van der Waals surface area contributed by atoms with Crippen LogP contribution >= 0.6 is 0 Å². The van der Waals surface area contributed by atoms with E-state index in [1.54, 1.807) is 6.07 Å². The first-order valence-corrected chi connectivity index (χ1v) is 12.3. The van der Waals surface area contributed by atoms with Crippen LogP contribution in [0.25, 0.3) is 44.6 Å². The minimum absolute atomic E-state index is 0.275. The van der Waals surface area contributed by atoms with Crippen LogP contribution < -0.4 is 0 Å². The van der Waals surface area contributed by atoms with Crippen LogP contribution in [0.4, 0.5) is 4.39 Å². The average molecular weight is 475 g/mol. The van der Waals surface area contributed by atoms with Crippen molar-refractivity contribution < 1.29 is 4.39 Å². The van der Waals surface area contributed by atoms with Gasteiger partial charge in [-0.1, -0.05) is 61.5 Å². The molecule has 0 atom stereocenters. The second-order valence-corrected chi connectivity index (χ2v) is 9.32. The standard InChI is InChI=1S/C31H27FN4/c1-4-29-34-30-20(2)16-24(31-33-26-18-25(32)14-15-27(26)35(31)3)17-28(30)36(29)19-21-10-12-23(13-11-21)22-8-6-5-7-9-22/h5-18H,4,19H2,1-3H3. The smallest absolute Gasteiger partial charge is 0.140 e. The normalized spacial score (nSPS) is 11.6. The van der Waals surface area contributed by atoms with Crippen molar-refractivity contribution in [2.45, 2.75) is 26.8 Å². The molecule has 36 heavy (non-hydrogen) atoms. The molecular formula is C31H27FN4. The quantitative estimate of drug-likeness (QED) is 0.262. The molecule has 0 aliphatic heterocycles. The van der Waals surface area contributed by atoms with Gasteiger partial charge in [-0.2, -0.15) is 0 Å². The van der Waals surface area contributed by atoms with Crippen molar-refractivity contribution in [3.8, 4) is 22.5 Å². The van der Waals surface area contributed by atoms with Gasteiger partial charge < -0.3 is 9.13 Å². The summed E-state index contributed by atoms with van der Waals surface area (Å²) in [6, 6.07) is 28.3. The molecule has 4 nitrogen and oxygen atoms in total. The van der Waals surface area contributed by atoms with Crippen LogP contribution in [0, 0.1) is 12.7 Å². The topological polar surface area (TPSA) is 35.6 Å².